The Morgan fingerprint density at radius 1 is 1.07 bits per heavy atom. The number of phenolic OH excluding ortho intramolecular Hbond substituents is 1. The summed E-state index contributed by atoms with van der Waals surface area (Å²) in [6.07, 6.45) is 3.24. The number of ketones is 1. The fourth-order valence-corrected chi connectivity index (χ4v) is 4.93. The van der Waals surface area contributed by atoms with Gasteiger partial charge < -0.3 is 9.66 Å². The third-order valence-corrected chi connectivity index (χ3v) is 6.57. The number of allylic oxidation sites excluding steroid dienone is 5. The standard InChI is InChI=1S/C21H16Br2O5S.Na/c1-11-7-13(9-16(22)20(11)24)19(14-8-12(2)21(25)17(23)10-14)15-5-3-4-6-18(15)29(26,27)28;/h3-10,24H,1-2H3,(H,26,27,28);/q;+1/p-1/b19-14+;. The van der Waals surface area contributed by atoms with E-state index in [0.29, 0.717) is 36.8 Å². The maximum Gasteiger partial charge on any atom is 1.00 e. The monoisotopic (exact) mass is 560 g/mol. The van der Waals surface area contributed by atoms with Crippen LogP contribution in [0.25, 0.3) is 5.57 Å². The van der Waals surface area contributed by atoms with Gasteiger partial charge in [0.05, 0.1) is 13.9 Å². The van der Waals surface area contributed by atoms with Crippen LogP contribution in [0.15, 0.2) is 73.5 Å². The minimum atomic E-state index is -4.76. The van der Waals surface area contributed by atoms with Gasteiger partial charge in [-0.1, -0.05) is 18.2 Å². The Bertz CT molecular complexity index is 1200. The molecule has 0 saturated heterocycles. The van der Waals surface area contributed by atoms with E-state index in [0.717, 1.165) is 0 Å². The Morgan fingerprint density at radius 3 is 2.27 bits per heavy atom. The van der Waals surface area contributed by atoms with Gasteiger partial charge in [0.1, 0.15) is 15.9 Å². The number of benzene rings is 2. The number of carbonyl (C=O) groups excluding carboxylic acids is 1. The van der Waals surface area contributed by atoms with Crippen molar-refractivity contribution < 1.29 is 52.4 Å². The summed E-state index contributed by atoms with van der Waals surface area (Å²) >= 11 is 6.56. The first kappa shape index (κ1) is 25.3. The smallest absolute Gasteiger partial charge is 0.744 e. The molecule has 2 aromatic rings. The van der Waals surface area contributed by atoms with E-state index in [1.54, 1.807) is 50.3 Å². The molecule has 0 saturated carbocycles. The van der Waals surface area contributed by atoms with Crippen LogP contribution in [0.4, 0.5) is 0 Å². The van der Waals surface area contributed by atoms with Crippen LogP contribution in [-0.2, 0) is 14.9 Å². The van der Waals surface area contributed by atoms with Gasteiger partial charge in [-0.3, -0.25) is 4.79 Å². The Morgan fingerprint density at radius 2 is 1.70 bits per heavy atom. The fraction of sp³-hybridized carbons (Fsp3) is 0.0952. The molecular weight excluding hydrogens is 547 g/mol. The van der Waals surface area contributed by atoms with Crippen molar-refractivity contribution in [3.05, 3.63) is 85.3 Å². The Balaban J connectivity index is 0.00000320. The van der Waals surface area contributed by atoms with Crippen molar-refractivity contribution >= 4 is 53.3 Å². The normalized spacial score (nSPS) is 15.8. The number of halogens is 2. The van der Waals surface area contributed by atoms with Crippen LogP contribution < -0.4 is 29.6 Å². The molecule has 0 unspecified atom stereocenters. The molecule has 3 rings (SSSR count). The summed E-state index contributed by atoms with van der Waals surface area (Å²) in [4.78, 5) is 11.8. The van der Waals surface area contributed by atoms with Gasteiger partial charge in [0.25, 0.3) is 0 Å². The van der Waals surface area contributed by atoms with Gasteiger partial charge in [-0.05, 0) is 104 Å². The second-order valence-electron chi connectivity index (χ2n) is 6.55. The second kappa shape index (κ2) is 9.65. The zero-order valence-electron chi connectivity index (χ0n) is 16.4. The maximum atomic E-state index is 12.2. The molecule has 0 atom stereocenters. The number of hydrogen-bond donors (Lipinski definition) is 1. The molecule has 0 aromatic heterocycles. The predicted molar refractivity (Wildman–Crippen MR) is 117 cm³/mol. The average molecular weight is 562 g/mol. The van der Waals surface area contributed by atoms with Gasteiger partial charge >= 0.3 is 29.6 Å². The van der Waals surface area contributed by atoms with Crippen molar-refractivity contribution in [1.82, 2.24) is 0 Å². The maximum absolute atomic E-state index is 12.2. The van der Waals surface area contributed by atoms with Crippen molar-refractivity contribution in [3.8, 4) is 5.75 Å². The summed E-state index contributed by atoms with van der Waals surface area (Å²) < 4.78 is 36.5. The van der Waals surface area contributed by atoms with E-state index in [2.05, 4.69) is 31.9 Å². The van der Waals surface area contributed by atoms with Crippen LogP contribution in [0.1, 0.15) is 23.6 Å². The zero-order valence-corrected chi connectivity index (χ0v) is 22.4. The summed E-state index contributed by atoms with van der Waals surface area (Å²) in [5.74, 6) is -0.119. The topological polar surface area (TPSA) is 94.5 Å². The van der Waals surface area contributed by atoms with Crippen LogP contribution in [0.5, 0.6) is 5.75 Å². The van der Waals surface area contributed by atoms with E-state index >= 15 is 0 Å². The van der Waals surface area contributed by atoms with Crippen LogP contribution in [0.3, 0.4) is 0 Å². The predicted octanol–water partition coefficient (Wildman–Crippen LogP) is 1.98. The van der Waals surface area contributed by atoms with Crippen LogP contribution in [0.2, 0.25) is 0 Å². The molecule has 1 aliphatic carbocycles. The first-order valence-corrected chi connectivity index (χ1v) is 11.4. The second-order valence-corrected chi connectivity index (χ2v) is 9.61. The number of phenols is 1. The first-order valence-electron chi connectivity index (χ1n) is 8.40. The number of hydrogen-bond acceptors (Lipinski definition) is 5. The number of rotatable bonds is 3. The molecule has 0 aliphatic heterocycles. The molecule has 5 nitrogen and oxygen atoms in total. The summed E-state index contributed by atoms with van der Waals surface area (Å²) in [7, 11) is -4.76. The molecule has 2 aromatic carbocycles. The van der Waals surface area contributed by atoms with E-state index in [1.165, 1.54) is 12.1 Å². The Hall–Kier alpha value is -1.000. The molecule has 0 spiro atoms. The fourth-order valence-electron chi connectivity index (χ4n) is 3.12. The molecule has 0 radical (unpaired) electrons. The molecule has 0 heterocycles. The van der Waals surface area contributed by atoms with E-state index in [4.69, 9.17) is 0 Å². The van der Waals surface area contributed by atoms with Crippen molar-refractivity contribution in [1.29, 1.82) is 0 Å². The van der Waals surface area contributed by atoms with Crippen molar-refractivity contribution in [2.45, 2.75) is 18.7 Å². The minimum absolute atomic E-state index is 0. The van der Waals surface area contributed by atoms with Crippen LogP contribution in [0, 0.1) is 6.92 Å². The van der Waals surface area contributed by atoms with Gasteiger partial charge in [0.15, 0.2) is 5.78 Å². The molecule has 9 heteroatoms. The van der Waals surface area contributed by atoms with E-state index in [-0.39, 0.29) is 51.5 Å². The van der Waals surface area contributed by atoms with Crippen LogP contribution in [-0.4, -0.2) is 23.9 Å². The third kappa shape index (κ3) is 5.07. The molecule has 30 heavy (non-hydrogen) atoms. The van der Waals surface area contributed by atoms with E-state index in [1.807, 2.05) is 0 Å². The number of carbonyl (C=O) groups is 1. The largest absolute Gasteiger partial charge is 1.00 e. The van der Waals surface area contributed by atoms with Gasteiger partial charge in [0, 0.05) is 5.56 Å². The molecule has 150 valence electrons. The van der Waals surface area contributed by atoms with Crippen molar-refractivity contribution in [3.63, 3.8) is 0 Å². The quantitative estimate of drug-likeness (QED) is 0.457. The van der Waals surface area contributed by atoms with E-state index in [9.17, 15) is 22.9 Å². The number of aromatic hydroxyl groups is 1. The summed E-state index contributed by atoms with van der Waals surface area (Å²) in [6.45, 7) is 3.36. The van der Waals surface area contributed by atoms with Crippen LogP contribution >= 0.6 is 31.9 Å². The zero-order chi connectivity index (χ0) is 21.5. The van der Waals surface area contributed by atoms with E-state index < -0.39 is 10.1 Å². The van der Waals surface area contributed by atoms with Gasteiger partial charge in [-0.2, -0.15) is 0 Å². The Labute approximate surface area is 213 Å². The molecular formula is C21H15Br2NaO5S. The average Bonchev–Trinajstić information content (AvgIpc) is 2.64. The number of aryl methyl sites for hydroxylation is 1. The number of Topliss-reactive ketones (excluding diaryl/α,β-unsaturated/α-hetero) is 1. The Kier molecular flexibility index (Phi) is 8.12. The summed E-state index contributed by atoms with van der Waals surface area (Å²) in [6, 6.07) is 9.24. The van der Waals surface area contributed by atoms with Gasteiger partial charge in [-0.15, -0.1) is 0 Å². The molecule has 0 fully saturated rings. The SMILES string of the molecule is CC1=C/C(=C(/c2cc(C)c(O)c(Br)c2)c2ccccc2S(=O)(=O)[O-])C=C(Br)C1=O.[Na+]. The van der Waals surface area contributed by atoms with Crippen molar-refractivity contribution in [2.24, 2.45) is 0 Å². The molecule has 0 bridgehead atoms. The summed E-state index contributed by atoms with van der Waals surface area (Å²) in [5, 5.41) is 10.1. The van der Waals surface area contributed by atoms with Gasteiger partial charge in [-0.25, -0.2) is 8.42 Å². The third-order valence-electron chi connectivity index (χ3n) is 4.49. The minimum Gasteiger partial charge on any atom is -0.744 e. The summed E-state index contributed by atoms with van der Waals surface area (Å²) in [5.41, 5.74) is 2.82. The van der Waals surface area contributed by atoms with Crippen molar-refractivity contribution in [2.75, 3.05) is 0 Å². The molecule has 1 N–H and O–H groups in total. The molecule has 1 aliphatic rings. The first-order chi connectivity index (χ1) is 13.5. The van der Waals surface area contributed by atoms with Gasteiger partial charge in [0.2, 0.25) is 0 Å². The molecule has 0 amide bonds.